The Labute approximate surface area is 329 Å². The molecule has 0 unspecified atom stereocenters. The van der Waals surface area contributed by atoms with E-state index in [1.54, 1.807) is 0 Å². The van der Waals surface area contributed by atoms with Gasteiger partial charge in [0.25, 0.3) is 5.91 Å². The van der Waals surface area contributed by atoms with E-state index in [4.69, 9.17) is 4.74 Å². The quantitative estimate of drug-likeness (QED) is 0.0364. The van der Waals surface area contributed by atoms with Crippen molar-refractivity contribution >= 4 is 11.9 Å². The van der Waals surface area contributed by atoms with Crippen LogP contribution in [0.1, 0.15) is 252 Å². The lowest BCUT2D eigenvalue weighted by molar-refractivity contribution is -0.155. The van der Waals surface area contributed by atoms with Crippen LogP contribution in [0.4, 0.5) is 0 Å². The molecule has 0 aromatic heterocycles. The Morgan fingerprint density at radius 3 is 1.04 bits per heavy atom. The van der Waals surface area contributed by atoms with Gasteiger partial charge in [-0.25, -0.2) is 0 Å². The molecule has 0 saturated carbocycles. The number of unbranched alkanes of at least 4 members (excludes halogenated alkanes) is 32. The van der Waals surface area contributed by atoms with Gasteiger partial charge in [-0.15, -0.1) is 0 Å². The summed E-state index contributed by atoms with van der Waals surface area (Å²) >= 11 is 0. The van der Waals surface area contributed by atoms with Crippen molar-refractivity contribution in [3.8, 4) is 0 Å². The van der Waals surface area contributed by atoms with E-state index in [1.165, 1.54) is 187 Å². The molecule has 0 aromatic rings. The summed E-state index contributed by atoms with van der Waals surface area (Å²) in [6.45, 7) is 5.31. The van der Waals surface area contributed by atoms with E-state index >= 15 is 0 Å². The summed E-state index contributed by atoms with van der Waals surface area (Å²) in [6, 6.07) is -1.02. The van der Waals surface area contributed by atoms with E-state index in [1.807, 2.05) is 0 Å². The third kappa shape index (κ3) is 35.0. The number of aliphatic hydroxyl groups is 3. The van der Waals surface area contributed by atoms with Gasteiger partial charge in [-0.3, -0.25) is 9.59 Å². The molecule has 0 fully saturated rings. The highest BCUT2D eigenvalue weighted by atomic mass is 16.5. The van der Waals surface area contributed by atoms with Crippen LogP contribution in [0.25, 0.3) is 0 Å². The smallest absolute Gasteiger partial charge is 0.303 e. The minimum absolute atomic E-state index is 0.403. The number of nitrogens with one attached hydrogen (secondary N) is 1. The zero-order valence-corrected chi connectivity index (χ0v) is 35.5. The fourth-order valence-electron chi connectivity index (χ4n) is 7.53. The van der Waals surface area contributed by atoms with Crippen LogP contribution < -0.4 is 5.32 Å². The molecule has 0 aliphatic heterocycles. The summed E-state index contributed by atoms with van der Waals surface area (Å²) in [6.07, 6.45) is 41.1. The Hall–Kier alpha value is -1.18. The van der Waals surface area contributed by atoms with Crippen LogP contribution in [0.15, 0.2) is 0 Å². The fourth-order valence-corrected chi connectivity index (χ4v) is 7.53. The average Bonchev–Trinajstić information content (AvgIpc) is 3.15. The van der Waals surface area contributed by atoms with Crippen molar-refractivity contribution in [2.24, 2.45) is 0 Å². The van der Waals surface area contributed by atoms with Gasteiger partial charge in [0.2, 0.25) is 0 Å². The van der Waals surface area contributed by atoms with E-state index < -0.39 is 42.8 Å². The van der Waals surface area contributed by atoms with Gasteiger partial charge < -0.3 is 25.4 Å². The molecule has 4 atom stereocenters. The zero-order valence-electron chi connectivity index (χ0n) is 35.5. The maximum atomic E-state index is 13.0. The summed E-state index contributed by atoms with van der Waals surface area (Å²) < 4.78 is 5.32. The van der Waals surface area contributed by atoms with Crippen molar-refractivity contribution in [2.45, 2.75) is 276 Å². The molecule has 0 rings (SSSR count). The Bertz CT molecular complexity index is 779. The fraction of sp³-hybridized carbons (Fsp3) is 0.957. The van der Waals surface area contributed by atoms with Gasteiger partial charge in [-0.2, -0.15) is 0 Å². The van der Waals surface area contributed by atoms with Crippen molar-refractivity contribution < 1.29 is 29.6 Å². The van der Waals surface area contributed by atoms with Gasteiger partial charge in [-0.1, -0.05) is 226 Å². The predicted octanol–water partition coefficient (Wildman–Crippen LogP) is 12.2. The normalized spacial score (nSPS) is 13.8. The van der Waals surface area contributed by atoms with Crippen LogP contribution >= 0.6 is 0 Å². The number of esters is 1. The van der Waals surface area contributed by atoms with Crippen LogP contribution in [0.3, 0.4) is 0 Å². The third-order valence-electron chi connectivity index (χ3n) is 11.1. The molecule has 0 bridgehead atoms. The van der Waals surface area contributed by atoms with Crippen molar-refractivity contribution in [1.29, 1.82) is 0 Å². The van der Waals surface area contributed by atoms with Crippen molar-refractivity contribution in [1.82, 2.24) is 5.32 Å². The predicted molar refractivity (Wildman–Crippen MR) is 224 cm³/mol. The summed E-state index contributed by atoms with van der Waals surface area (Å²) in [5, 5.41) is 33.8. The number of amides is 1. The minimum Gasteiger partial charge on any atom is -0.452 e. The van der Waals surface area contributed by atoms with E-state index in [2.05, 4.69) is 19.2 Å². The second-order valence-electron chi connectivity index (χ2n) is 16.3. The number of ether oxygens (including phenoxy) is 1. The first-order valence-corrected chi connectivity index (χ1v) is 23.3. The van der Waals surface area contributed by atoms with Crippen molar-refractivity contribution in [3.63, 3.8) is 0 Å². The molecule has 7 heteroatoms. The molecule has 316 valence electrons. The topological polar surface area (TPSA) is 116 Å². The summed E-state index contributed by atoms with van der Waals surface area (Å²) in [5.74, 6) is -1.06. The molecule has 0 saturated heterocycles. The Balaban J connectivity index is 3.95. The molecule has 1 amide bonds. The maximum Gasteiger partial charge on any atom is 0.303 e. The first-order chi connectivity index (χ1) is 25.9. The second-order valence-corrected chi connectivity index (χ2v) is 16.3. The van der Waals surface area contributed by atoms with Crippen LogP contribution in [0, 0.1) is 0 Å². The maximum absolute atomic E-state index is 13.0. The van der Waals surface area contributed by atoms with Gasteiger partial charge in [0.1, 0.15) is 6.10 Å². The standard InChI is InChI=1S/C46H91NO6/c1-4-6-8-10-12-14-16-18-19-20-21-22-23-24-25-26-27-29-31-33-35-37-39-44(53-41(3)49)46(52)47-42(40-48)45(51)43(50)38-36-34-32-30-28-17-15-13-11-9-7-5-2/h42-45,48,50-51H,4-40H2,1-3H3,(H,47,52)/t42-,43+,44+,45-/m0/s1. The highest BCUT2D eigenvalue weighted by Crippen LogP contribution is 2.18. The van der Waals surface area contributed by atoms with Gasteiger partial charge in [0.05, 0.1) is 18.8 Å². The molecular weight excluding hydrogens is 663 g/mol. The number of hydrogen-bond donors (Lipinski definition) is 4. The van der Waals surface area contributed by atoms with Crippen molar-refractivity contribution in [2.75, 3.05) is 6.61 Å². The van der Waals surface area contributed by atoms with Crippen LogP contribution in [0.2, 0.25) is 0 Å². The van der Waals surface area contributed by atoms with Crippen LogP contribution in [-0.2, 0) is 14.3 Å². The molecule has 0 aromatic carbocycles. The van der Waals surface area contributed by atoms with Gasteiger partial charge >= 0.3 is 5.97 Å². The van der Waals surface area contributed by atoms with Gasteiger partial charge in [-0.05, 0) is 19.3 Å². The monoisotopic (exact) mass is 754 g/mol. The molecule has 53 heavy (non-hydrogen) atoms. The first-order valence-electron chi connectivity index (χ1n) is 23.3. The Kier molecular flexibility index (Phi) is 39.6. The SMILES string of the molecule is CCCCCCCCCCCCCCCCCCCCCCCC[C@@H](OC(C)=O)C(=O)N[C@@H](CO)[C@H](O)[C@H](O)CCCCCCCCCCCCCC. The third-order valence-corrected chi connectivity index (χ3v) is 11.1. The number of aliphatic hydroxyl groups excluding tert-OH is 3. The Morgan fingerprint density at radius 1 is 0.472 bits per heavy atom. The highest BCUT2D eigenvalue weighted by Gasteiger charge is 2.30. The summed E-state index contributed by atoms with van der Waals surface area (Å²) in [5.41, 5.74) is 0. The van der Waals surface area contributed by atoms with Crippen LogP contribution in [-0.4, -0.2) is 58.2 Å². The zero-order chi connectivity index (χ0) is 39.0. The lowest BCUT2D eigenvalue weighted by Gasteiger charge is -2.28. The van der Waals surface area contributed by atoms with Crippen LogP contribution in [0.5, 0.6) is 0 Å². The largest absolute Gasteiger partial charge is 0.452 e. The number of rotatable bonds is 42. The molecule has 0 aliphatic rings. The Morgan fingerprint density at radius 2 is 0.755 bits per heavy atom. The van der Waals surface area contributed by atoms with E-state index in [9.17, 15) is 24.9 Å². The van der Waals surface area contributed by atoms with E-state index in [0.29, 0.717) is 12.8 Å². The molecule has 0 spiro atoms. The average molecular weight is 754 g/mol. The molecule has 7 nitrogen and oxygen atoms in total. The molecule has 4 N–H and O–H groups in total. The molecule has 0 heterocycles. The molecular formula is C46H91NO6. The van der Waals surface area contributed by atoms with E-state index in [0.717, 1.165) is 38.5 Å². The van der Waals surface area contributed by atoms with Gasteiger partial charge in [0.15, 0.2) is 6.10 Å². The molecule has 0 radical (unpaired) electrons. The second kappa shape index (κ2) is 40.5. The van der Waals surface area contributed by atoms with Crippen molar-refractivity contribution in [3.05, 3.63) is 0 Å². The lowest BCUT2D eigenvalue weighted by Crippen LogP contribution is -2.53. The summed E-state index contributed by atoms with van der Waals surface area (Å²) in [4.78, 5) is 24.7. The molecule has 0 aliphatic carbocycles. The van der Waals surface area contributed by atoms with E-state index in [-0.39, 0.29) is 0 Å². The number of carbonyl (C=O) groups excluding carboxylic acids is 2. The minimum atomic E-state index is -1.29. The first kappa shape index (κ1) is 51.8. The number of hydrogen-bond acceptors (Lipinski definition) is 6. The number of carbonyl (C=O) groups is 2. The lowest BCUT2D eigenvalue weighted by atomic mass is 9.99. The van der Waals surface area contributed by atoms with Gasteiger partial charge in [0, 0.05) is 6.92 Å². The summed E-state index contributed by atoms with van der Waals surface area (Å²) in [7, 11) is 0. The highest BCUT2D eigenvalue weighted by molar-refractivity contribution is 5.83.